The second-order valence-electron chi connectivity index (χ2n) is 4.92. The summed E-state index contributed by atoms with van der Waals surface area (Å²) in [6.45, 7) is 0. The molecule has 118 valence electrons. The Bertz CT molecular complexity index is 985. The SMILES string of the molecule is COc1nccc(-c2nc(Oc3ccccc3)c3cccn3n2)n1. The Hall–Kier alpha value is -3.48. The average molecular weight is 319 g/mol. The monoisotopic (exact) mass is 319 g/mol. The van der Waals surface area contributed by atoms with Crippen molar-refractivity contribution in [2.45, 2.75) is 0 Å². The van der Waals surface area contributed by atoms with Crippen LogP contribution in [0.15, 0.2) is 60.9 Å². The molecule has 4 rings (SSSR count). The zero-order valence-corrected chi connectivity index (χ0v) is 12.8. The van der Waals surface area contributed by atoms with Gasteiger partial charge in [0.15, 0.2) is 0 Å². The van der Waals surface area contributed by atoms with E-state index in [0.717, 1.165) is 5.52 Å². The number of fused-ring (bicyclic) bond motifs is 1. The van der Waals surface area contributed by atoms with Gasteiger partial charge in [-0.05, 0) is 30.3 Å². The number of benzene rings is 1. The fourth-order valence-electron chi connectivity index (χ4n) is 2.25. The lowest BCUT2D eigenvalue weighted by Gasteiger charge is -2.08. The van der Waals surface area contributed by atoms with Crippen LogP contribution in [0.2, 0.25) is 0 Å². The smallest absolute Gasteiger partial charge is 0.316 e. The molecule has 0 N–H and O–H groups in total. The Labute approximate surface area is 137 Å². The molecule has 0 fully saturated rings. The van der Waals surface area contributed by atoms with E-state index in [1.807, 2.05) is 48.7 Å². The number of nitrogens with zero attached hydrogens (tertiary/aromatic N) is 5. The van der Waals surface area contributed by atoms with Gasteiger partial charge in [0.1, 0.15) is 17.0 Å². The molecule has 0 aliphatic heterocycles. The van der Waals surface area contributed by atoms with Gasteiger partial charge in [-0.3, -0.25) is 0 Å². The Morgan fingerprint density at radius 2 is 1.83 bits per heavy atom. The summed E-state index contributed by atoms with van der Waals surface area (Å²) in [5.74, 6) is 1.57. The first-order valence-electron chi connectivity index (χ1n) is 7.29. The van der Waals surface area contributed by atoms with Gasteiger partial charge in [0.2, 0.25) is 11.7 Å². The zero-order chi connectivity index (χ0) is 16.4. The number of para-hydroxylation sites is 1. The minimum absolute atomic E-state index is 0.259. The molecular weight excluding hydrogens is 306 g/mol. The molecule has 0 bridgehead atoms. The first-order chi connectivity index (χ1) is 11.8. The van der Waals surface area contributed by atoms with Gasteiger partial charge in [-0.2, -0.15) is 9.97 Å². The van der Waals surface area contributed by atoms with Gasteiger partial charge in [0.05, 0.1) is 7.11 Å². The third-order valence-electron chi connectivity index (χ3n) is 3.36. The maximum Gasteiger partial charge on any atom is 0.316 e. The molecule has 1 aromatic carbocycles. The lowest BCUT2D eigenvalue weighted by atomic mass is 10.3. The molecule has 0 amide bonds. The number of methoxy groups -OCH3 is 1. The van der Waals surface area contributed by atoms with E-state index < -0.39 is 0 Å². The zero-order valence-electron chi connectivity index (χ0n) is 12.8. The highest BCUT2D eigenvalue weighted by atomic mass is 16.5. The molecule has 24 heavy (non-hydrogen) atoms. The van der Waals surface area contributed by atoms with Crippen LogP contribution in [-0.4, -0.2) is 31.7 Å². The summed E-state index contributed by atoms with van der Waals surface area (Å²) < 4.78 is 12.7. The minimum atomic E-state index is 0.259. The van der Waals surface area contributed by atoms with Gasteiger partial charge >= 0.3 is 6.01 Å². The van der Waals surface area contributed by atoms with Crippen LogP contribution in [-0.2, 0) is 0 Å². The molecule has 3 aromatic heterocycles. The predicted molar refractivity (Wildman–Crippen MR) is 87.1 cm³/mol. The molecule has 3 heterocycles. The van der Waals surface area contributed by atoms with Crippen LogP contribution in [0.1, 0.15) is 0 Å². The van der Waals surface area contributed by atoms with Gasteiger partial charge < -0.3 is 9.47 Å². The topological polar surface area (TPSA) is 74.4 Å². The first kappa shape index (κ1) is 14.1. The summed E-state index contributed by atoms with van der Waals surface area (Å²) in [4.78, 5) is 12.8. The number of hydrogen-bond acceptors (Lipinski definition) is 6. The van der Waals surface area contributed by atoms with E-state index in [0.29, 0.717) is 23.1 Å². The van der Waals surface area contributed by atoms with Crippen LogP contribution in [0.3, 0.4) is 0 Å². The predicted octanol–water partition coefficient (Wildman–Crippen LogP) is 2.99. The third kappa shape index (κ3) is 2.63. The van der Waals surface area contributed by atoms with Crippen molar-refractivity contribution in [1.82, 2.24) is 24.6 Å². The standard InChI is InChI=1S/C17H13N5O2/c1-23-17-18-10-9-13(19-17)15-20-16(14-8-5-11-22(14)21-15)24-12-6-3-2-4-7-12/h2-11H,1H3. The van der Waals surface area contributed by atoms with E-state index >= 15 is 0 Å². The summed E-state index contributed by atoms with van der Waals surface area (Å²) in [7, 11) is 1.51. The Morgan fingerprint density at radius 1 is 0.958 bits per heavy atom. The molecule has 0 radical (unpaired) electrons. The van der Waals surface area contributed by atoms with Crippen molar-refractivity contribution >= 4 is 5.52 Å². The first-order valence-corrected chi connectivity index (χ1v) is 7.29. The molecule has 0 saturated carbocycles. The number of rotatable bonds is 4. The average Bonchev–Trinajstić information content (AvgIpc) is 3.11. The lowest BCUT2D eigenvalue weighted by molar-refractivity contribution is 0.380. The molecular formula is C17H13N5O2. The highest BCUT2D eigenvalue weighted by Crippen LogP contribution is 2.26. The summed E-state index contributed by atoms with van der Waals surface area (Å²) in [6, 6.07) is 15.2. The molecule has 0 saturated heterocycles. The third-order valence-corrected chi connectivity index (χ3v) is 3.36. The molecule has 7 nitrogen and oxygen atoms in total. The van der Waals surface area contributed by atoms with Crippen molar-refractivity contribution in [2.24, 2.45) is 0 Å². The maximum absolute atomic E-state index is 5.92. The fourth-order valence-corrected chi connectivity index (χ4v) is 2.25. The van der Waals surface area contributed by atoms with Crippen molar-refractivity contribution < 1.29 is 9.47 Å². The van der Waals surface area contributed by atoms with Crippen LogP contribution in [0.25, 0.3) is 17.0 Å². The highest BCUT2D eigenvalue weighted by Gasteiger charge is 2.13. The van der Waals surface area contributed by atoms with Crippen molar-refractivity contribution in [1.29, 1.82) is 0 Å². The van der Waals surface area contributed by atoms with E-state index in [4.69, 9.17) is 9.47 Å². The summed E-state index contributed by atoms with van der Waals surface area (Å²) in [5, 5.41) is 4.46. The lowest BCUT2D eigenvalue weighted by Crippen LogP contribution is -2.02. The summed E-state index contributed by atoms with van der Waals surface area (Å²) in [6.07, 6.45) is 3.43. The summed E-state index contributed by atoms with van der Waals surface area (Å²) in [5.41, 5.74) is 1.32. The molecule has 0 aliphatic carbocycles. The fraction of sp³-hybridized carbons (Fsp3) is 0.0588. The van der Waals surface area contributed by atoms with Gasteiger partial charge in [-0.1, -0.05) is 18.2 Å². The minimum Gasteiger partial charge on any atom is -0.467 e. The van der Waals surface area contributed by atoms with Gasteiger partial charge in [0.25, 0.3) is 0 Å². The molecule has 0 atom stereocenters. The Morgan fingerprint density at radius 3 is 2.67 bits per heavy atom. The normalized spacial score (nSPS) is 10.7. The van der Waals surface area contributed by atoms with Crippen molar-refractivity contribution in [3.05, 3.63) is 60.9 Å². The summed E-state index contributed by atoms with van der Waals surface area (Å²) >= 11 is 0. The van der Waals surface area contributed by atoms with Gasteiger partial charge in [-0.15, -0.1) is 5.10 Å². The van der Waals surface area contributed by atoms with Gasteiger partial charge in [-0.25, -0.2) is 9.50 Å². The van der Waals surface area contributed by atoms with E-state index in [9.17, 15) is 0 Å². The van der Waals surface area contributed by atoms with Crippen molar-refractivity contribution in [3.63, 3.8) is 0 Å². The van der Waals surface area contributed by atoms with E-state index in [1.165, 1.54) is 7.11 Å². The van der Waals surface area contributed by atoms with Crippen molar-refractivity contribution in [2.75, 3.05) is 7.11 Å². The van der Waals surface area contributed by atoms with E-state index in [2.05, 4.69) is 20.1 Å². The molecule has 0 unspecified atom stereocenters. The van der Waals surface area contributed by atoms with Crippen LogP contribution in [0.4, 0.5) is 0 Å². The van der Waals surface area contributed by atoms with Crippen molar-refractivity contribution in [3.8, 4) is 29.2 Å². The second kappa shape index (κ2) is 5.96. The van der Waals surface area contributed by atoms with Crippen LogP contribution in [0, 0.1) is 0 Å². The van der Waals surface area contributed by atoms with E-state index in [1.54, 1.807) is 16.8 Å². The quantitative estimate of drug-likeness (QED) is 0.575. The Kier molecular flexibility index (Phi) is 3.51. The highest BCUT2D eigenvalue weighted by molar-refractivity contribution is 5.60. The maximum atomic E-state index is 5.92. The number of aromatic nitrogens is 5. The molecule has 7 heteroatoms. The van der Waals surface area contributed by atoms with Crippen LogP contribution >= 0.6 is 0 Å². The molecule has 0 aliphatic rings. The number of hydrogen-bond donors (Lipinski definition) is 0. The van der Waals surface area contributed by atoms with Crippen LogP contribution in [0.5, 0.6) is 17.6 Å². The molecule has 4 aromatic rings. The van der Waals surface area contributed by atoms with E-state index in [-0.39, 0.29) is 6.01 Å². The largest absolute Gasteiger partial charge is 0.467 e. The second-order valence-corrected chi connectivity index (χ2v) is 4.92. The number of ether oxygens (including phenoxy) is 2. The Balaban J connectivity index is 1.82. The molecule has 0 spiro atoms. The van der Waals surface area contributed by atoms with Gasteiger partial charge in [0, 0.05) is 12.4 Å². The van der Waals surface area contributed by atoms with Crippen LogP contribution < -0.4 is 9.47 Å².